The summed E-state index contributed by atoms with van der Waals surface area (Å²) in [6, 6.07) is 10.5. The minimum Gasteiger partial charge on any atom is -0.379 e. The van der Waals surface area contributed by atoms with E-state index in [0.717, 1.165) is 42.6 Å². The van der Waals surface area contributed by atoms with Crippen LogP contribution < -0.4 is 10.6 Å². The number of nitrogens with one attached hydrogen (secondary N) is 2. The SMILES string of the molecule is Cc1c(Cl)cccc1NC(=S)N[C@H](C)[C@H](c1cccs1)N1CCOCC1. The first kappa shape index (κ1) is 19.6. The summed E-state index contributed by atoms with van der Waals surface area (Å²) in [6.07, 6.45) is 0. The van der Waals surface area contributed by atoms with E-state index in [-0.39, 0.29) is 12.1 Å². The smallest absolute Gasteiger partial charge is 0.171 e. The topological polar surface area (TPSA) is 36.5 Å². The highest BCUT2D eigenvalue weighted by atomic mass is 35.5. The van der Waals surface area contributed by atoms with Gasteiger partial charge < -0.3 is 15.4 Å². The third-order valence-electron chi connectivity index (χ3n) is 4.62. The molecule has 0 radical (unpaired) electrons. The molecule has 1 aromatic heterocycles. The van der Waals surface area contributed by atoms with Crippen molar-refractivity contribution in [2.24, 2.45) is 0 Å². The van der Waals surface area contributed by atoms with Gasteiger partial charge in [-0.3, -0.25) is 4.90 Å². The average molecular weight is 410 g/mol. The predicted molar refractivity (Wildman–Crippen MR) is 114 cm³/mol. The molecule has 140 valence electrons. The molecule has 0 amide bonds. The van der Waals surface area contributed by atoms with Crippen molar-refractivity contribution in [3.63, 3.8) is 0 Å². The highest BCUT2D eigenvalue weighted by Crippen LogP contribution is 2.29. The zero-order valence-electron chi connectivity index (χ0n) is 15.0. The van der Waals surface area contributed by atoms with Crippen molar-refractivity contribution in [3.8, 4) is 0 Å². The lowest BCUT2D eigenvalue weighted by molar-refractivity contribution is 0.0110. The summed E-state index contributed by atoms with van der Waals surface area (Å²) in [5.74, 6) is 0. The lowest BCUT2D eigenvalue weighted by Gasteiger charge is -2.38. The van der Waals surface area contributed by atoms with E-state index in [1.165, 1.54) is 4.88 Å². The Morgan fingerprint density at radius 1 is 1.27 bits per heavy atom. The quantitative estimate of drug-likeness (QED) is 0.713. The van der Waals surface area contributed by atoms with Gasteiger partial charge in [0, 0.05) is 34.7 Å². The molecule has 0 aliphatic carbocycles. The van der Waals surface area contributed by atoms with Crippen LogP contribution in [0.2, 0.25) is 5.02 Å². The molecule has 3 rings (SSSR count). The molecular formula is C19H24ClN3OS2. The van der Waals surface area contributed by atoms with Crippen LogP contribution in [0, 0.1) is 6.92 Å². The van der Waals surface area contributed by atoms with E-state index in [1.54, 1.807) is 11.3 Å². The Labute approximate surface area is 169 Å². The predicted octanol–water partition coefficient (Wildman–Crippen LogP) is 4.46. The van der Waals surface area contributed by atoms with Crippen LogP contribution in [-0.4, -0.2) is 42.4 Å². The van der Waals surface area contributed by atoms with E-state index in [0.29, 0.717) is 5.11 Å². The van der Waals surface area contributed by atoms with Crippen molar-refractivity contribution in [1.82, 2.24) is 10.2 Å². The first-order valence-corrected chi connectivity index (χ1v) is 10.4. The second-order valence-corrected chi connectivity index (χ2v) is 8.20. The molecule has 2 atom stereocenters. The van der Waals surface area contributed by atoms with Gasteiger partial charge in [0.1, 0.15) is 0 Å². The first-order chi connectivity index (χ1) is 12.6. The molecule has 4 nitrogen and oxygen atoms in total. The molecule has 2 aromatic rings. The molecule has 0 bridgehead atoms. The Balaban J connectivity index is 1.69. The number of anilines is 1. The summed E-state index contributed by atoms with van der Waals surface area (Å²) in [6.45, 7) is 7.58. The molecule has 7 heteroatoms. The molecular weight excluding hydrogens is 386 g/mol. The van der Waals surface area contributed by atoms with Crippen LogP contribution in [0.5, 0.6) is 0 Å². The van der Waals surface area contributed by atoms with Crippen LogP contribution in [0.15, 0.2) is 35.7 Å². The van der Waals surface area contributed by atoms with Crippen molar-refractivity contribution in [3.05, 3.63) is 51.2 Å². The normalized spacial score (nSPS) is 17.5. The van der Waals surface area contributed by atoms with Gasteiger partial charge in [0.25, 0.3) is 0 Å². The monoisotopic (exact) mass is 409 g/mol. The van der Waals surface area contributed by atoms with Crippen molar-refractivity contribution in [2.75, 3.05) is 31.6 Å². The maximum Gasteiger partial charge on any atom is 0.171 e. The summed E-state index contributed by atoms with van der Waals surface area (Å²) >= 11 is 13.5. The molecule has 0 unspecified atom stereocenters. The van der Waals surface area contributed by atoms with Gasteiger partial charge in [0.15, 0.2) is 5.11 Å². The molecule has 0 saturated carbocycles. The fourth-order valence-corrected chi connectivity index (χ4v) is 4.68. The van der Waals surface area contributed by atoms with Crippen molar-refractivity contribution >= 4 is 46.0 Å². The second-order valence-electron chi connectivity index (χ2n) is 6.41. The minimum atomic E-state index is 0.159. The summed E-state index contributed by atoms with van der Waals surface area (Å²) in [5, 5.41) is 10.2. The van der Waals surface area contributed by atoms with Gasteiger partial charge in [0.2, 0.25) is 0 Å². The Kier molecular flexibility index (Phi) is 6.89. The van der Waals surface area contributed by atoms with Crippen molar-refractivity contribution in [2.45, 2.75) is 25.9 Å². The lowest BCUT2D eigenvalue weighted by atomic mass is 10.1. The number of thiocarbonyl (C=S) groups is 1. The van der Waals surface area contributed by atoms with Crippen LogP contribution in [0.1, 0.15) is 23.4 Å². The maximum atomic E-state index is 6.20. The number of rotatable bonds is 5. The lowest BCUT2D eigenvalue weighted by Crippen LogP contribution is -2.49. The standard InChI is InChI=1S/C19H24ClN3OS2/c1-13-15(20)5-3-6-16(13)22-19(25)21-14(2)18(17-7-4-12-26-17)23-8-10-24-11-9-23/h3-7,12,14,18H,8-11H2,1-2H3,(H2,21,22,25)/t14-,18-/m1/s1. The van der Waals surface area contributed by atoms with Crippen LogP contribution >= 0.6 is 35.2 Å². The van der Waals surface area contributed by atoms with Crippen LogP contribution in [0.4, 0.5) is 5.69 Å². The van der Waals surface area contributed by atoms with E-state index in [9.17, 15) is 0 Å². The highest BCUT2D eigenvalue weighted by Gasteiger charge is 2.29. The Bertz CT molecular complexity index is 732. The van der Waals surface area contributed by atoms with E-state index in [1.807, 2.05) is 25.1 Å². The van der Waals surface area contributed by atoms with Crippen LogP contribution in [-0.2, 0) is 4.74 Å². The maximum absolute atomic E-state index is 6.20. The number of benzene rings is 1. The van der Waals surface area contributed by atoms with E-state index in [2.05, 4.69) is 40.0 Å². The molecule has 1 saturated heterocycles. The fourth-order valence-electron chi connectivity index (χ4n) is 3.24. The second kappa shape index (κ2) is 9.15. The van der Waals surface area contributed by atoms with E-state index >= 15 is 0 Å². The Morgan fingerprint density at radius 3 is 2.73 bits per heavy atom. The molecule has 1 aromatic carbocycles. The fraction of sp³-hybridized carbons (Fsp3) is 0.421. The number of thiophene rings is 1. The molecule has 1 fully saturated rings. The van der Waals surface area contributed by atoms with Gasteiger partial charge in [0.05, 0.1) is 19.3 Å². The van der Waals surface area contributed by atoms with Gasteiger partial charge in [-0.25, -0.2) is 0 Å². The Morgan fingerprint density at radius 2 is 2.04 bits per heavy atom. The number of hydrogen-bond donors (Lipinski definition) is 2. The molecule has 2 N–H and O–H groups in total. The van der Waals surface area contributed by atoms with Gasteiger partial charge in [-0.15, -0.1) is 11.3 Å². The summed E-state index contributed by atoms with van der Waals surface area (Å²) in [5.41, 5.74) is 1.93. The zero-order valence-corrected chi connectivity index (χ0v) is 17.4. The van der Waals surface area contributed by atoms with E-state index < -0.39 is 0 Å². The van der Waals surface area contributed by atoms with Gasteiger partial charge in [-0.2, -0.15) is 0 Å². The molecule has 26 heavy (non-hydrogen) atoms. The van der Waals surface area contributed by atoms with E-state index in [4.69, 9.17) is 28.6 Å². The largest absolute Gasteiger partial charge is 0.379 e. The van der Waals surface area contributed by atoms with Crippen molar-refractivity contribution in [1.29, 1.82) is 0 Å². The minimum absolute atomic E-state index is 0.159. The molecule has 1 aliphatic rings. The summed E-state index contributed by atoms with van der Waals surface area (Å²) in [7, 11) is 0. The number of nitrogens with zero attached hydrogens (tertiary/aromatic N) is 1. The number of hydrogen-bond acceptors (Lipinski definition) is 4. The van der Waals surface area contributed by atoms with Gasteiger partial charge >= 0.3 is 0 Å². The van der Waals surface area contributed by atoms with Crippen LogP contribution in [0.25, 0.3) is 0 Å². The molecule has 0 spiro atoms. The summed E-state index contributed by atoms with van der Waals surface area (Å²) in [4.78, 5) is 3.81. The van der Waals surface area contributed by atoms with Crippen LogP contribution in [0.3, 0.4) is 0 Å². The molecule has 2 heterocycles. The van der Waals surface area contributed by atoms with Crippen molar-refractivity contribution < 1.29 is 4.74 Å². The third-order valence-corrected chi connectivity index (χ3v) is 6.19. The first-order valence-electron chi connectivity index (χ1n) is 8.74. The Hall–Kier alpha value is -1.18. The highest BCUT2D eigenvalue weighted by molar-refractivity contribution is 7.80. The number of halogens is 1. The number of morpholine rings is 1. The number of ether oxygens (including phenoxy) is 1. The summed E-state index contributed by atoms with van der Waals surface area (Å²) < 4.78 is 5.52. The molecule has 1 aliphatic heterocycles. The zero-order chi connectivity index (χ0) is 18.5. The average Bonchev–Trinajstić information content (AvgIpc) is 3.14. The van der Waals surface area contributed by atoms with Gasteiger partial charge in [-0.1, -0.05) is 23.7 Å². The van der Waals surface area contributed by atoms with Gasteiger partial charge in [-0.05, 0) is 55.2 Å². The third kappa shape index (κ3) is 4.75.